The van der Waals surface area contributed by atoms with E-state index in [2.05, 4.69) is 23.3 Å². The monoisotopic (exact) mass is 191 g/mol. The van der Waals surface area contributed by atoms with Crippen molar-refractivity contribution in [2.45, 2.75) is 37.9 Å². The van der Waals surface area contributed by atoms with E-state index in [9.17, 15) is 0 Å². The molecule has 0 bridgehead atoms. The highest BCUT2D eigenvalue weighted by atomic mass is 15.0. The minimum absolute atomic E-state index is 0.304. The number of piperidine rings is 1. The summed E-state index contributed by atoms with van der Waals surface area (Å²) in [7, 11) is 0. The summed E-state index contributed by atoms with van der Waals surface area (Å²) in [4.78, 5) is 4.35. The molecule has 0 saturated carbocycles. The van der Waals surface area contributed by atoms with Crippen molar-refractivity contribution in [3.8, 4) is 0 Å². The third-order valence-electron chi connectivity index (χ3n) is 2.73. The van der Waals surface area contributed by atoms with Gasteiger partial charge in [-0.1, -0.05) is 6.07 Å². The van der Waals surface area contributed by atoms with Gasteiger partial charge >= 0.3 is 0 Å². The number of hydrogen-bond acceptors (Lipinski definition) is 3. The van der Waals surface area contributed by atoms with E-state index in [0.717, 1.165) is 18.5 Å². The van der Waals surface area contributed by atoms with E-state index in [0.29, 0.717) is 18.1 Å². The number of rotatable bonds is 1. The second-order valence-electron chi connectivity index (χ2n) is 4.11. The molecule has 0 spiro atoms. The molecule has 0 aromatic carbocycles. The van der Waals surface area contributed by atoms with Crippen LogP contribution in [0.5, 0.6) is 0 Å². The second kappa shape index (κ2) is 4.07. The first-order valence-electron chi connectivity index (χ1n) is 5.18. The number of nitrogens with zero attached hydrogens (tertiary/aromatic N) is 1. The van der Waals surface area contributed by atoms with Crippen molar-refractivity contribution in [1.82, 2.24) is 10.3 Å². The lowest BCUT2D eigenvalue weighted by molar-refractivity contribution is 0.303. The molecule has 76 valence electrons. The number of hydrogen-bond donors (Lipinski definition) is 2. The Morgan fingerprint density at radius 2 is 2.29 bits per heavy atom. The summed E-state index contributed by atoms with van der Waals surface area (Å²) in [6.07, 6.45) is 3.88. The molecule has 3 N–H and O–H groups in total. The highest BCUT2D eigenvalue weighted by Crippen LogP contribution is 2.22. The molecular formula is C11H17N3. The fraction of sp³-hybridized carbons (Fsp3) is 0.545. The minimum atomic E-state index is 0.304. The zero-order chi connectivity index (χ0) is 9.97. The van der Waals surface area contributed by atoms with Crippen LogP contribution in [-0.2, 0) is 0 Å². The quantitative estimate of drug-likeness (QED) is 0.701. The standard InChI is InChI=1S/C11H17N3/c1-8-6-9(12)7-11(14-8)10-4-2-3-5-13-10/h2-5,8-9,11,14H,6-7,12H2,1H3/t8-,9-,11-/m0/s1. The topological polar surface area (TPSA) is 50.9 Å². The SMILES string of the molecule is C[C@H]1C[C@H](N)C[C@@H](c2ccccn2)N1. The molecule has 0 radical (unpaired) electrons. The summed E-state index contributed by atoms with van der Waals surface area (Å²) in [5.74, 6) is 0. The van der Waals surface area contributed by atoms with Crippen LogP contribution in [0.15, 0.2) is 24.4 Å². The Morgan fingerprint density at radius 1 is 1.43 bits per heavy atom. The van der Waals surface area contributed by atoms with E-state index in [1.54, 1.807) is 0 Å². The Morgan fingerprint density at radius 3 is 2.93 bits per heavy atom. The summed E-state index contributed by atoms with van der Waals surface area (Å²) in [6.45, 7) is 2.18. The Bertz CT molecular complexity index is 276. The van der Waals surface area contributed by atoms with Gasteiger partial charge in [-0.05, 0) is 31.9 Å². The molecule has 0 amide bonds. The zero-order valence-electron chi connectivity index (χ0n) is 8.48. The Kier molecular flexibility index (Phi) is 2.79. The predicted molar refractivity (Wildman–Crippen MR) is 56.8 cm³/mol. The van der Waals surface area contributed by atoms with Gasteiger partial charge in [0.25, 0.3) is 0 Å². The van der Waals surface area contributed by atoms with Crippen molar-refractivity contribution in [2.24, 2.45) is 5.73 Å². The van der Waals surface area contributed by atoms with E-state index in [-0.39, 0.29) is 0 Å². The van der Waals surface area contributed by atoms with E-state index in [1.807, 2.05) is 18.3 Å². The van der Waals surface area contributed by atoms with Gasteiger partial charge in [0.05, 0.1) is 11.7 Å². The highest BCUT2D eigenvalue weighted by molar-refractivity contribution is 5.10. The van der Waals surface area contributed by atoms with Crippen molar-refractivity contribution in [3.05, 3.63) is 30.1 Å². The number of nitrogens with two attached hydrogens (primary N) is 1. The first kappa shape index (κ1) is 9.62. The van der Waals surface area contributed by atoms with E-state index < -0.39 is 0 Å². The molecule has 3 heteroatoms. The van der Waals surface area contributed by atoms with Gasteiger partial charge in [-0.3, -0.25) is 4.98 Å². The molecule has 3 atom stereocenters. The maximum absolute atomic E-state index is 5.99. The fourth-order valence-electron chi connectivity index (χ4n) is 2.12. The van der Waals surface area contributed by atoms with Crippen molar-refractivity contribution in [3.63, 3.8) is 0 Å². The van der Waals surface area contributed by atoms with E-state index >= 15 is 0 Å². The third-order valence-corrected chi connectivity index (χ3v) is 2.73. The highest BCUT2D eigenvalue weighted by Gasteiger charge is 2.24. The van der Waals surface area contributed by atoms with Crippen molar-refractivity contribution in [1.29, 1.82) is 0 Å². The van der Waals surface area contributed by atoms with Crippen molar-refractivity contribution in [2.75, 3.05) is 0 Å². The molecule has 1 aliphatic heterocycles. The van der Waals surface area contributed by atoms with Gasteiger partial charge in [-0.2, -0.15) is 0 Å². The van der Waals surface area contributed by atoms with Gasteiger partial charge in [0, 0.05) is 18.3 Å². The Balaban J connectivity index is 2.11. The lowest BCUT2D eigenvalue weighted by Gasteiger charge is -2.32. The maximum atomic E-state index is 5.99. The number of aromatic nitrogens is 1. The molecule has 1 aliphatic rings. The fourth-order valence-corrected chi connectivity index (χ4v) is 2.12. The van der Waals surface area contributed by atoms with Gasteiger partial charge in [-0.25, -0.2) is 0 Å². The van der Waals surface area contributed by atoms with Gasteiger partial charge in [0.2, 0.25) is 0 Å². The van der Waals surface area contributed by atoms with Crippen LogP contribution in [0.3, 0.4) is 0 Å². The average molecular weight is 191 g/mol. The molecule has 1 fully saturated rings. The van der Waals surface area contributed by atoms with Gasteiger partial charge in [-0.15, -0.1) is 0 Å². The van der Waals surface area contributed by atoms with Crippen molar-refractivity contribution < 1.29 is 0 Å². The Labute approximate surface area is 84.7 Å². The van der Waals surface area contributed by atoms with Crippen LogP contribution < -0.4 is 11.1 Å². The molecular weight excluding hydrogens is 174 g/mol. The molecule has 1 saturated heterocycles. The van der Waals surface area contributed by atoms with E-state index in [4.69, 9.17) is 5.73 Å². The molecule has 3 nitrogen and oxygen atoms in total. The molecule has 1 aromatic heterocycles. The maximum Gasteiger partial charge on any atom is 0.0573 e. The summed E-state index contributed by atoms with van der Waals surface area (Å²) >= 11 is 0. The predicted octanol–water partition coefficient (Wildman–Crippen LogP) is 1.22. The molecule has 1 aromatic rings. The van der Waals surface area contributed by atoms with Crippen LogP contribution in [-0.4, -0.2) is 17.1 Å². The van der Waals surface area contributed by atoms with Gasteiger partial charge in [0.1, 0.15) is 0 Å². The zero-order valence-corrected chi connectivity index (χ0v) is 8.48. The summed E-state index contributed by atoms with van der Waals surface area (Å²) in [5, 5.41) is 3.52. The molecule has 2 heterocycles. The van der Waals surface area contributed by atoms with Crippen molar-refractivity contribution >= 4 is 0 Å². The van der Waals surface area contributed by atoms with Crippen LogP contribution in [0.25, 0.3) is 0 Å². The molecule has 2 rings (SSSR count). The van der Waals surface area contributed by atoms with E-state index in [1.165, 1.54) is 0 Å². The smallest absolute Gasteiger partial charge is 0.0573 e. The summed E-state index contributed by atoms with van der Waals surface area (Å²) in [6, 6.07) is 7.14. The normalized spacial score (nSPS) is 32.9. The number of nitrogens with one attached hydrogen (secondary N) is 1. The lowest BCUT2D eigenvalue weighted by atomic mass is 9.93. The molecule has 0 aliphatic carbocycles. The van der Waals surface area contributed by atoms with Crippen LogP contribution >= 0.6 is 0 Å². The van der Waals surface area contributed by atoms with Gasteiger partial charge < -0.3 is 11.1 Å². The van der Waals surface area contributed by atoms with Crippen LogP contribution in [0.2, 0.25) is 0 Å². The lowest BCUT2D eigenvalue weighted by Crippen LogP contribution is -2.44. The first-order chi connectivity index (χ1) is 6.75. The molecule has 0 unspecified atom stereocenters. The third kappa shape index (κ3) is 2.11. The number of pyridine rings is 1. The Hall–Kier alpha value is -0.930. The summed E-state index contributed by atoms with van der Waals surface area (Å²) in [5.41, 5.74) is 7.09. The minimum Gasteiger partial charge on any atom is -0.328 e. The second-order valence-corrected chi connectivity index (χ2v) is 4.11. The largest absolute Gasteiger partial charge is 0.328 e. The molecule has 14 heavy (non-hydrogen) atoms. The average Bonchev–Trinajstić information content (AvgIpc) is 2.18. The van der Waals surface area contributed by atoms with Gasteiger partial charge in [0.15, 0.2) is 0 Å². The van der Waals surface area contributed by atoms with Crippen LogP contribution in [0.1, 0.15) is 31.5 Å². The summed E-state index contributed by atoms with van der Waals surface area (Å²) < 4.78 is 0. The van der Waals surface area contributed by atoms with Crippen LogP contribution in [0, 0.1) is 0 Å². The van der Waals surface area contributed by atoms with Crippen LogP contribution in [0.4, 0.5) is 0 Å². The first-order valence-corrected chi connectivity index (χ1v) is 5.18.